The SMILES string of the molecule is C#Cc1cncc(NC(=O)Nc2cc(C(F)(F)F)ccc2F)c1. The van der Waals surface area contributed by atoms with E-state index in [9.17, 15) is 22.4 Å². The lowest BCUT2D eigenvalue weighted by Crippen LogP contribution is -2.20. The third-order valence-electron chi connectivity index (χ3n) is 2.70. The number of benzene rings is 1. The number of pyridine rings is 1. The number of halogens is 4. The van der Waals surface area contributed by atoms with Gasteiger partial charge in [0.2, 0.25) is 0 Å². The van der Waals surface area contributed by atoms with Crippen molar-refractivity contribution in [2.45, 2.75) is 6.18 Å². The van der Waals surface area contributed by atoms with Crippen LogP contribution in [-0.2, 0) is 6.18 Å². The molecule has 0 spiro atoms. The zero-order valence-corrected chi connectivity index (χ0v) is 11.4. The highest BCUT2D eigenvalue weighted by Gasteiger charge is 2.31. The molecule has 0 radical (unpaired) electrons. The molecule has 0 aliphatic rings. The highest BCUT2D eigenvalue weighted by Crippen LogP contribution is 2.31. The van der Waals surface area contributed by atoms with Gasteiger partial charge in [-0.2, -0.15) is 13.2 Å². The van der Waals surface area contributed by atoms with Gasteiger partial charge in [0.25, 0.3) is 0 Å². The minimum Gasteiger partial charge on any atom is -0.306 e. The third-order valence-corrected chi connectivity index (χ3v) is 2.70. The Kier molecular flexibility index (Phi) is 4.50. The van der Waals surface area contributed by atoms with Crippen LogP contribution in [0.1, 0.15) is 11.1 Å². The van der Waals surface area contributed by atoms with Gasteiger partial charge in [-0.15, -0.1) is 6.42 Å². The molecule has 4 nitrogen and oxygen atoms in total. The largest absolute Gasteiger partial charge is 0.416 e. The number of alkyl halides is 3. The number of carbonyl (C=O) groups is 1. The maximum Gasteiger partial charge on any atom is 0.416 e. The van der Waals surface area contributed by atoms with Gasteiger partial charge in [0.1, 0.15) is 5.82 Å². The molecule has 0 aliphatic carbocycles. The zero-order valence-electron chi connectivity index (χ0n) is 11.4. The van der Waals surface area contributed by atoms with Crippen molar-refractivity contribution in [3.8, 4) is 12.3 Å². The molecule has 0 fully saturated rings. The van der Waals surface area contributed by atoms with Crippen LogP contribution in [0.5, 0.6) is 0 Å². The van der Waals surface area contributed by atoms with Crippen molar-refractivity contribution in [3.63, 3.8) is 0 Å². The Bertz CT molecular complexity index is 781. The Labute approximate surface area is 128 Å². The lowest BCUT2D eigenvalue weighted by Gasteiger charge is -2.11. The fourth-order valence-electron chi connectivity index (χ4n) is 1.67. The maximum atomic E-state index is 13.5. The molecule has 2 rings (SSSR count). The van der Waals surface area contributed by atoms with E-state index in [2.05, 4.69) is 16.2 Å². The Hall–Kier alpha value is -3.08. The van der Waals surface area contributed by atoms with Crippen LogP contribution >= 0.6 is 0 Å². The first-order chi connectivity index (χ1) is 10.8. The van der Waals surface area contributed by atoms with E-state index in [4.69, 9.17) is 6.42 Å². The number of nitrogens with zero attached hydrogens (tertiary/aromatic N) is 1. The molecular formula is C15H9F4N3O. The first kappa shape index (κ1) is 16.3. The molecule has 0 aliphatic heterocycles. The molecule has 1 aromatic heterocycles. The number of rotatable bonds is 2. The summed E-state index contributed by atoms with van der Waals surface area (Å²) in [6.07, 6.45) is 3.19. The van der Waals surface area contributed by atoms with E-state index >= 15 is 0 Å². The minimum atomic E-state index is -4.65. The quantitative estimate of drug-likeness (QED) is 0.651. The summed E-state index contributed by atoms with van der Waals surface area (Å²) in [6, 6.07) is 2.21. The average molecular weight is 323 g/mol. The molecule has 0 unspecified atom stereocenters. The second-order valence-electron chi connectivity index (χ2n) is 4.38. The van der Waals surface area contributed by atoms with Crippen LogP contribution in [0.4, 0.5) is 33.7 Å². The number of carbonyl (C=O) groups excluding carboxylic acids is 1. The van der Waals surface area contributed by atoms with Gasteiger partial charge < -0.3 is 10.6 Å². The van der Waals surface area contributed by atoms with Crippen LogP contribution in [-0.4, -0.2) is 11.0 Å². The number of aromatic nitrogens is 1. The van der Waals surface area contributed by atoms with Gasteiger partial charge in [0.05, 0.1) is 23.1 Å². The van der Waals surface area contributed by atoms with Gasteiger partial charge in [0.15, 0.2) is 0 Å². The maximum absolute atomic E-state index is 13.5. The van der Waals surface area contributed by atoms with E-state index in [1.807, 2.05) is 5.32 Å². The van der Waals surface area contributed by atoms with Crippen LogP contribution in [0, 0.1) is 18.2 Å². The van der Waals surface area contributed by atoms with Crippen LogP contribution < -0.4 is 10.6 Å². The van der Waals surface area contributed by atoms with Gasteiger partial charge in [0, 0.05) is 11.8 Å². The first-order valence-corrected chi connectivity index (χ1v) is 6.16. The molecule has 0 saturated heterocycles. The number of terminal acetylenes is 1. The fraction of sp³-hybridized carbons (Fsp3) is 0.0667. The van der Waals surface area contributed by atoms with Crippen LogP contribution in [0.3, 0.4) is 0 Å². The van der Waals surface area contributed by atoms with Crippen molar-refractivity contribution in [1.82, 2.24) is 4.98 Å². The minimum absolute atomic E-state index is 0.213. The van der Waals surface area contributed by atoms with Gasteiger partial charge >= 0.3 is 12.2 Å². The summed E-state index contributed by atoms with van der Waals surface area (Å²) in [5.41, 5.74) is -1.07. The van der Waals surface area contributed by atoms with E-state index < -0.39 is 29.3 Å². The number of hydrogen-bond acceptors (Lipinski definition) is 2. The van der Waals surface area contributed by atoms with Crippen molar-refractivity contribution >= 4 is 17.4 Å². The predicted molar refractivity (Wildman–Crippen MR) is 76.2 cm³/mol. The molecule has 8 heteroatoms. The Morgan fingerprint density at radius 2 is 1.91 bits per heavy atom. The number of amides is 2. The number of anilines is 2. The molecular weight excluding hydrogens is 314 g/mol. The summed E-state index contributed by atoms with van der Waals surface area (Å²) < 4.78 is 51.3. The molecule has 2 aromatic rings. The van der Waals surface area contributed by atoms with E-state index in [0.29, 0.717) is 23.8 Å². The smallest absolute Gasteiger partial charge is 0.306 e. The van der Waals surface area contributed by atoms with Gasteiger partial charge in [-0.05, 0) is 24.3 Å². The van der Waals surface area contributed by atoms with Crippen molar-refractivity contribution in [1.29, 1.82) is 0 Å². The Balaban J connectivity index is 2.15. The third kappa shape index (κ3) is 4.20. The lowest BCUT2D eigenvalue weighted by molar-refractivity contribution is -0.137. The molecule has 0 atom stereocenters. The average Bonchev–Trinajstić information content (AvgIpc) is 2.48. The number of urea groups is 1. The Morgan fingerprint density at radius 1 is 1.17 bits per heavy atom. The summed E-state index contributed by atoms with van der Waals surface area (Å²) in [7, 11) is 0. The van der Waals surface area contributed by atoms with Crippen LogP contribution in [0.15, 0.2) is 36.7 Å². The number of hydrogen-bond donors (Lipinski definition) is 2. The predicted octanol–water partition coefficient (Wildman–Crippen LogP) is 3.86. The van der Waals surface area contributed by atoms with Gasteiger partial charge in [-0.1, -0.05) is 5.92 Å². The molecule has 1 heterocycles. The zero-order chi connectivity index (χ0) is 17.0. The normalized spacial score (nSPS) is 10.7. The van der Waals surface area contributed by atoms with Crippen molar-refractivity contribution in [2.24, 2.45) is 0 Å². The first-order valence-electron chi connectivity index (χ1n) is 6.16. The summed E-state index contributed by atoms with van der Waals surface area (Å²) in [5, 5.41) is 4.30. The highest BCUT2D eigenvalue weighted by molar-refractivity contribution is 5.99. The molecule has 118 valence electrons. The standard InChI is InChI=1S/C15H9F4N3O/c1-2-9-5-11(8-20-7-9)21-14(23)22-13-6-10(15(17,18)19)3-4-12(13)16/h1,3-8H,(H2,21,22,23). The molecule has 23 heavy (non-hydrogen) atoms. The van der Waals surface area contributed by atoms with Crippen molar-refractivity contribution in [3.05, 3.63) is 53.6 Å². The monoisotopic (exact) mass is 323 g/mol. The lowest BCUT2D eigenvalue weighted by atomic mass is 10.2. The summed E-state index contributed by atoms with van der Waals surface area (Å²) in [5.74, 6) is 1.31. The highest BCUT2D eigenvalue weighted by atomic mass is 19.4. The van der Waals surface area contributed by atoms with Crippen molar-refractivity contribution < 1.29 is 22.4 Å². The summed E-state index contributed by atoms with van der Waals surface area (Å²) in [4.78, 5) is 15.5. The van der Waals surface area contributed by atoms with Gasteiger partial charge in [-0.25, -0.2) is 9.18 Å². The van der Waals surface area contributed by atoms with E-state index in [1.165, 1.54) is 18.5 Å². The number of nitrogens with one attached hydrogen (secondary N) is 2. The topological polar surface area (TPSA) is 54.0 Å². The van der Waals surface area contributed by atoms with E-state index in [-0.39, 0.29) is 5.69 Å². The molecule has 2 amide bonds. The second-order valence-corrected chi connectivity index (χ2v) is 4.38. The van der Waals surface area contributed by atoms with Gasteiger partial charge in [-0.3, -0.25) is 4.98 Å². The summed E-state index contributed by atoms with van der Waals surface area (Å²) in [6.45, 7) is 0. The van der Waals surface area contributed by atoms with Crippen LogP contribution in [0.25, 0.3) is 0 Å². The Morgan fingerprint density at radius 3 is 2.57 bits per heavy atom. The molecule has 0 bridgehead atoms. The van der Waals surface area contributed by atoms with Crippen LogP contribution in [0.2, 0.25) is 0 Å². The fourth-order valence-corrected chi connectivity index (χ4v) is 1.67. The van der Waals surface area contributed by atoms with E-state index in [0.717, 1.165) is 0 Å². The second kappa shape index (κ2) is 6.36. The van der Waals surface area contributed by atoms with E-state index in [1.54, 1.807) is 0 Å². The molecule has 1 aromatic carbocycles. The summed E-state index contributed by atoms with van der Waals surface area (Å²) >= 11 is 0. The van der Waals surface area contributed by atoms with Crippen molar-refractivity contribution in [2.75, 3.05) is 10.6 Å². The molecule has 2 N–H and O–H groups in total. The molecule has 0 saturated carbocycles.